The second kappa shape index (κ2) is 4.27. The van der Waals surface area contributed by atoms with Gasteiger partial charge in [-0.3, -0.25) is 4.79 Å². The van der Waals surface area contributed by atoms with Gasteiger partial charge in [-0.25, -0.2) is 0 Å². The average molecular weight is 191 g/mol. The maximum atomic E-state index is 11.1. The number of amides is 1. The van der Waals surface area contributed by atoms with Gasteiger partial charge in [0.05, 0.1) is 0 Å². The zero-order valence-electron chi connectivity index (χ0n) is 9.11. The van der Waals surface area contributed by atoms with Crippen LogP contribution in [0.15, 0.2) is 35.1 Å². The van der Waals surface area contributed by atoms with E-state index in [4.69, 9.17) is 0 Å². The first-order chi connectivity index (χ1) is 6.50. The van der Waals surface area contributed by atoms with Crippen molar-refractivity contribution in [1.29, 1.82) is 0 Å². The van der Waals surface area contributed by atoms with Crippen molar-refractivity contribution >= 4 is 5.91 Å². The second-order valence-corrected chi connectivity index (χ2v) is 3.83. The van der Waals surface area contributed by atoms with Gasteiger partial charge in [0.25, 0.3) is 0 Å². The van der Waals surface area contributed by atoms with Gasteiger partial charge in [0.1, 0.15) is 0 Å². The van der Waals surface area contributed by atoms with Crippen LogP contribution in [0.4, 0.5) is 0 Å². The Hall–Kier alpha value is -1.31. The molecule has 2 nitrogen and oxygen atoms in total. The van der Waals surface area contributed by atoms with Crippen molar-refractivity contribution in [2.45, 2.75) is 33.6 Å². The zero-order chi connectivity index (χ0) is 10.7. The molecule has 1 amide bonds. The largest absolute Gasteiger partial charge is 0.330 e. The van der Waals surface area contributed by atoms with Crippen LogP contribution in [-0.4, -0.2) is 5.91 Å². The van der Waals surface area contributed by atoms with E-state index in [9.17, 15) is 4.79 Å². The molecule has 0 saturated carbocycles. The molecule has 14 heavy (non-hydrogen) atoms. The van der Waals surface area contributed by atoms with Crippen LogP contribution in [-0.2, 0) is 4.79 Å². The number of nitrogens with one attached hydrogen (secondary N) is 1. The highest BCUT2D eigenvalue weighted by atomic mass is 16.1. The SMILES string of the molecule is C=C(C)/C=C(/C)C1=C(C)NC(=O)CC1. The molecule has 76 valence electrons. The number of rotatable bonds is 2. The summed E-state index contributed by atoms with van der Waals surface area (Å²) in [5.74, 6) is 0.120. The van der Waals surface area contributed by atoms with Crippen LogP contribution in [0.3, 0.4) is 0 Å². The average Bonchev–Trinajstić information content (AvgIpc) is 2.01. The van der Waals surface area contributed by atoms with Gasteiger partial charge < -0.3 is 5.32 Å². The Morgan fingerprint density at radius 1 is 1.43 bits per heavy atom. The topological polar surface area (TPSA) is 29.1 Å². The molecule has 0 fully saturated rings. The van der Waals surface area contributed by atoms with E-state index in [1.54, 1.807) is 0 Å². The molecule has 0 aliphatic carbocycles. The van der Waals surface area contributed by atoms with Gasteiger partial charge in [0.15, 0.2) is 0 Å². The highest BCUT2D eigenvalue weighted by molar-refractivity contribution is 5.80. The third kappa shape index (κ3) is 2.59. The Balaban J connectivity index is 2.92. The number of allylic oxidation sites excluding steroid dienone is 5. The first kappa shape index (κ1) is 10.8. The van der Waals surface area contributed by atoms with Crippen molar-refractivity contribution in [3.05, 3.63) is 35.1 Å². The monoisotopic (exact) mass is 191 g/mol. The Labute approximate surface area is 85.4 Å². The molecule has 0 aromatic carbocycles. The lowest BCUT2D eigenvalue weighted by atomic mass is 9.96. The third-order valence-electron chi connectivity index (χ3n) is 2.32. The van der Waals surface area contributed by atoms with Crippen LogP contribution in [0.25, 0.3) is 0 Å². The van der Waals surface area contributed by atoms with E-state index in [0.29, 0.717) is 6.42 Å². The predicted molar refractivity (Wildman–Crippen MR) is 58.6 cm³/mol. The van der Waals surface area contributed by atoms with Crippen molar-refractivity contribution in [2.75, 3.05) is 0 Å². The normalized spacial score (nSPS) is 18.2. The zero-order valence-corrected chi connectivity index (χ0v) is 9.11. The van der Waals surface area contributed by atoms with Crippen LogP contribution < -0.4 is 5.32 Å². The molecule has 0 unspecified atom stereocenters. The van der Waals surface area contributed by atoms with Crippen molar-refractivity contribution in [2.24, 2.45) is 0 Å². The minimum atomic E-state index is 0.120. The van der Waals surface area contributed by atoms with Crippen LogP contribution in [0.5, 0.6) is 0 Å². The molecular formula is C12H17NO. The first-order valence-corrected chi connectivity index (χ1v) is 4.84. The molecule has 1 aliphatic heterocycles. The lowest BCUT2D eigenvalue weighted by Crippen LogP contribution is -2.26. The number of hydrogen-bond acceptors (Lipinski definition) is 1. The lowest BCUT2D eigenvalue weighted by Gasteiger charge is -2.19. The molecule has 0 aromatic heterocycles. The van der Waals surface area contributed by atoms with Gasteiger partial charge in [0, 0.05) is 12.1 Å². The van der Waals surface area contributed by atoms with Crippen LogP contribution >= 0.6 is 0 Å². The summed E-state index contributed by atoms with van der Waals surface area (Å²) in [7, 11) is 0. The van der Waals surface area contributed by atoms with Gasteiger partial charge >= 0.3 is 0 Å². The smallest absolute Gasteiger partial charge is 0.224 e. The highest BCUT2D eigenvalue weighted by Crippen LogP contribution is 2.23. The lowest BCUT2D eigenvalue weighted by molar-refractivity contribution is -0.120. The maximum Gasteiger partial charge on any atom is 0.224 e. The number of hydrogen-bond donors (Lipinski definition) is 1. The molecule has 1 rings (SSSR count). The highest BCUT2D eigenvalue weighted by Gasteiger charge is 2.15. The molecule has 0 saturated heterocycles. The summed E-state index contributed by atoms with van der Waals surface area (Å²) in [5, 5.41) is 2.85. The third-order valence-corrected chi connectivity index (χ3v) is 2.32. The van der Waals surface area contributed by atoms with Crippen molar-refractivity contribution in [1.82, 2.24) is 5.32 Å². The molecule has 1 heterocycles. The summed E-state index contributed by atoms with van der Waals surface area (Å²) in [6, 6.07) is 0. The van der Waals surface area contributed by atoms with Crippen molar-refractivity contribution in [3.8, 4) is 0 Å². The summed E-state index contributed by atoms with van der Waals surface area (Å²) in [5.41, 5.74) is 4.47. The molecule has 2 heteroatoms. The van der Waals surface area contributed by atoms with E-state index in [0.717, 1.165) is 17.7 Å². The molecule has 0 bridgehead atoms. The molecule has 1 N–H and O–H groups in total. The quantitative estimate of drug-likeness (QED) is 0.668. The molecule has 0 aromatic rings. The van der Waals surface area contributed by atoms with Crippen LogP contribution in [0.2, 0.25) is 0 Å². The Morgan fingerprint density at radius 2 is 2.07 bits per heavy atom. The van der Waals surface area contributed by atoms with E-state index in [-0.39, 0.29) is 5.91 Å². The summed E-state index contributed by atoms with van der Waals surface area (Å²) in [4.78, 5) is 11.1. The van der Waals surface area contributed by atoms with E-state index >= 15 is 0 Å². The Morgan fingerprint density at radius 3 is 2.57 bits per heavy atom. The van der Waals surface area contributed by atoms with Gasteiger partial charge in [-0.1, -0.05) is 18.2 Å². The molecule has 0 spiro atoms. The Kier molecular flexibility index (Phi) is 3.28. The summed E-state index contributed by atoms with van der Waals surface area (Å²) in [6.45, 7) is 9.82. The van der Waals surface area contributed by atoms with Crippen LogP contribution in [0.1, 0.15) is 33.6 Å². The van der Waals surface area contributed by atoms with Crippen molar-refractivity contribution < 1.29 is 4.79 Å². The van der Waals surface area contributed by atoms with Gasteiger partial charge in [-0.05, 0) is 38.3 Å². The molecule has 0 atom stereocenters. The summed E-state index contributed by atoms with van der Waals surface area (Å²) < 4.78 is 0. The van der Waals surface area contributed by atoms with E-state index in [1.807, 2.05) is 13.8 Å². The standard InChI is InChI=1S/C12H17NO/c1-8(2)7-9(3)11-5-6-12(14)13-10(11)4/h7H,1,5-6H2,2-4H3,(H,13,14)/b9-7-. The van der Waals surface area contributed by atoms with E-state index < -0.39 is 0 Å². The second-order valence-electron chi connectivity index (χ2n) is 3.83. The molecule has 0 radical (unpaired) electrons. The van der Waals surface area contributed by atoms with Gasteiger partial charge in [0.2, 0.25) is 5.91 Å². The summed E-state index contributed by atoms with van der Waals surface area (Å²) >= 11 is 0. The number of carbonyl (C=O) groups is 1. The first-order valence-electron chi connectivity index (χ1n) is 4.84. The summed E-state index contributed by atoms with van der Waals surface area (Å²) in [6.07, 6.45) is 3.48. The van der Waals surface area contributed by atoms with E-state index in [1.165, 1.54) is 11.1 Å². The van der Waals surface area contributed by atoms with Crippen LogP contribution in [0, 0.1) is 0 Å². The fourth-order valence-corrected chi connectivity index (χ4v) is 1.72. The fourth-order valence-electron chi connectivity index (χ4n) is 1.72. The fraction of sp³-hybridized carbons (Fsp3) is 0.417. The predicted octanol–water partition coefficient (Wildman–Crippen LogP) is 2.69. The minimum absolute atomic E-state index is 0.120. The maximum absolute atomic E-state index is 11.1. The Bertz CT molecular complexity index is 329. The van der Waals surface area contributed by atoms with Crippen molar-refractivity contribution in [3.63, 3.8) is 0 Å². The minimum Gasteiger partial charge on any atom is -0.330 e. The van der Waals surface area contributed by atoms with Gasteiger partial charge in [-0.2, -0.15) is 0 Å². The van der Waals surface area contributed by atoms with E-state index in [2.05, 4.69) is 24.9 Å². The molecular weight excluding hydrogens is 174 g/mol. The molecule has 1 aliphatic rings. The van der Waals surface area contributed by atoms with Gasteiger partial charge in [-0.15, -0.1) is 0 Å². The number of carbonyl (C=O) groups excluding carboxylic acids is 1.